The Balaban J connectivity index is 1.47. The topological polar surface area (TPSA) is 81.9 Å². The van der Waals surface area contributed by atoms with Crippen LogP contribution in [0.4, 0.5) is 5.69 Å². The van der Waals surface area contributed by atoms with Gasteiger partial charge in [-0.25, -0.2) is 4.98 Å². The van der Waals surface area contributed by atoms with E-state index in [1.165, 1.54) is 16.7 Å². The normalized spacial score (nSPS) is 11.7. The molecule has 2 aromatic carbocycles. The van der Waals surface area contributed by atoms with Crippen molar-refractivity contribution in [3.63, 3.8) is 0 Å². The van der Waals surface area contributed by atoms with Crippen LogP contribution in [0, 0.1) is 0 Å². The number of hydrogen-bond acceptors (Lipinski definition) is 5. The van der Waals surface area contributed by atoms with Gasteiger partial charge in [-0.2, -0.15) is 0 Å². The SMILES string of the molecule is CCC(Oc1ccccc1)C(=O)Nc1ccccc1OCc1cc(=O)n2cc(Cl)ccc2n1. The summed E-state index contributed by atoms with van der Waals surface area (Å²) in [5, 5.41) is 3.32. The lowest BCUT2D eigenvalue weighted by molar-refractivity contribution is -0.122. The van der Waals surface area contributed by atoms with Crippen LogP contribution in [-0.4, -0.2) is 21.4 Å². The maximum Gasteiger partial charge on any atom is 0.265 e. The van der Waals surface area contributed by atoms with Gasteiger partial charge in [-0.05, 0) is 42.8 Å². The molecule has 8 heteroatoms. The Labute approximate surface area is 195 Å². The highest BCUT2D eigenvalue weighted by molar-refractivity contribution is 6.30. The predicted molar refractivity (Wildman–Crippen MR) is 127 cm³/mol. The minimum atomic E-state index is -0.658. The molecule has 1 N–H and O–H groups in total. The van der Waals surface area contributed by atoms with Crippen molar-refractivity contribution in [2.75, 3.05) is 5.32 Å². The van der Waals surface area contributed by atoms with Crippen LogP contribution < -0.4 is 20.3 Å². The van der Waals surface area contributed by atoms with Crippen LogP contribution in [0.3, 0.4) is 0 Å². The van der Waals surface area contributed by atoms with Crippen LogP contribution in [0.15, 0.2) is 83.8 Å². The van der Waals surface area contributed by atoms with E-state index in [4.69, 9.17) is 21.1 Å². The lowest BCUT2D eigenvalue weighted by Crippen LogP contribution is -2.32. The van der Waals surface area contributed by atoms with Crippen molar-refractivity contribution in [3.8, 4) is 11.5 Å². The van der Waals surface area contributed by atoms with E-state index in [-0.39, 0.29) is 18.1 Å². The fraction of sp³-hybridized carbons (Fsp3) is 0.160. The number of amides is 1. The second-order valence-corrected chi connectivity index (χ2v) is 7.70. The summed E-state index contributed by atoms with van der Waals surface area (Å²) in [5.74, 6) is 0.800. The second kappa shape index (κ2) is 10.2. The highest BCUT2D eigenvalue weighted by Crippen LogP contribution is 2.25. The number of carbonyl (C=O) groups excluding carboxylic acids is 1. The maximum absolute atomic E-state index is 12.8. The molecule has 168 valence electrons. The van der Waals surface area contributed by atoms with Crippen LogP contribution in [0.2, 0.25) is 5.02 Å². The van der Waals surface area contributed by atoms with Gasteiger partial charge in [-0.1, -0.05) is 48.9 Å². The van der Waals surface area contributed by atoms with Crippen LogP contribution in [0.25, 0.3) is 5.65 Å². The number of carbonyl (C=O) groups is 1. The lowest BCUT2D eigenvalue weighted by Gasteiger charge is -2.18. The summed E-state index contributed by atoms with van der Waals surface area (Å²) >= 11 is 5.95. The van der Waals surface area contributed by atoms with Crippen molar-refractivity contribution in [2.45, 2.75) is 26.1 Å². The molecule has 0 saturated heterocycles. The van der Waals surface area contributed by atoms with Gasteiger partial charge in [0, 0.05) is 12.3 Å². The molecule has 1 amide bonds. The summed E-state index contributed by atoms with van der Waals surface area (Å²) in [6.07, 6.45) is 1.36. The summed E-state index contributed by atoms with van der Waals surface area (Å²) in [7, 11) is 0. The number of aromatic nitrogens is 2. The van der Waals surface area contributed by atoms with Gasteiger partial charge in [0.1, 0.15) is 23.8 Å². The number of hydrogen-bond donors (Lipinski definition) is 1. The first-order valence-corrected chi connectivity index (χ1v) is 10.8. The van der Waals surface area contributed by atoms with E-state index >= 15 is 0 Å². The minimum Gasteiger partial charge on any atom is -0.485 e. The Morgan fingerprint density at radius 2 is 1.85 bits per heavy atom. The van der Waals surface area contributed by atoms with Gasteiger partial charge in [0.15, 0.2) is 6.10 Å². The molecule has 4 aromatic rings. The number of anilines is 1. The molecule has 0 bridgehead atoms. The predicted octanol–water partition coefficient (Wildman–Crippen LogP) is 4.72. The third-order valence-corrected chi connectivity index (χ3v) is 5.11. The number of halogens is 1. The second-order valence-electron chi connectivity index (χ2n) is 7.26. The van der Waals surface area contributed by atoms with Gasteiger partial charge in [-0.3, -0.25) is 14.0 Å². The monoisotopic (exact) mass is 463 g/mol. The third kappa shape index (κ3) is 5.51. The van der Waals surface area contributed by atoms with E-state index in [1.807, 2.05) is 25.1 Å². The summed E-state index contributed by atoms with van der Waals surface area (Å²) in [6, 6.07) is 21.0. The molecule has 1 atom stereocenters. The minimum absolute atomic E-state index is 0.0545. The van der Waals surface area contributed by atoms with Gasteiger partial charge in [0.2, 0.25) is 0 Å². The molecule has 7 nitrogen and oxygen atoms in total. The summed E-state index contributed by atoms with van der Waals surface area (Å²) in [4.78, 5) is 29.6. The van der Waals surface area contributed by atoms with Crippen LogP contribution in [-0.2, 0) is 11.4 Å². The lowest BCUT2D eigenvalue weighted by atomic mass is 10.2. The first-order valence-electron chi connectivity index (χ1n) is 10.5. The molecule has 2 aromatic heterocycles. The summed E-state index contributed by atoms with van der Waals surface area (Å²) in [5.41, 5.74) is 1.17. The zero-order valence-corrected chi connectivity index (χ0v) is 18.7. The van der Waals surface area contributed by atoms with E-state index < -0.39 is 6.10 Å². The smallest absolute Gasteiger partial charge is 0.265 e. The van der Waals surface area contributed by atoms with Crippen molar-refractivity contribution >= 4 is 28.8 Å². The Kier molecular flexibility index (Phi) is 6.90. The summed E-state index contributed by atoms with van der Waals surface area (Å²) in [6.45, 7) is 1.94. The fourth-order valence-corrected chi connectivity index (χ4v) is 3.41. The van der Waals surface area contributed by atoms with Gasteiger partial charge >= 0.3 is 0 Å². The Hall–Kier alpha value is -3.84. The van der Waals surface area contributed by atoms with E-state index in [9.17, 15) is 9.59 Å². The number of fused-ring (bicyclic) bond motifs is 1. The first-order chi connectivity index (χ1) is 16.0. The number of nitrogens with zero attached hydrogens (tertiary/aromatic N) is 2. The Morgan fingerprint density at radius 3 is 2.64 bits per heavy atom. The van der Waals surface area contributed by atoms with Crippen molar-refractivity contribution in [3.05, 3.63) is 100 Å². The number of pyridine rings is 1. The highest BCUT2D eigenvalue weighted by Gasteiger charge is 2.20. The molecule has 0 spiro atoms. The van der Waals surface area contributed by atoms with Crippen molar-refractivity contribution in [1.82, 2.24) is 9.38 Å². The van der Waals surface area contributed by atoms with Crippen molar-refractivity contribution in [2.24, 2.45) is 0 Å². The average molecular weight is 464 g/mol. The standard InChI is InChI=1S/C25H22ClN3O4/c1-2-21(33-19-8-4-3-5-9-19)25(31)28-20-10-6-7-11-22(20)32-16-18-14-24(30)29-15-17(26)12-13-23(29)27-18/h3-15,21H,2,16H2,1H3,(H,28,31). The highest BCUT2D eigenvalue weighted by atomic mass is 35.5. The van der Waals surface area contributed by atoms with Gasteiger partial charge in [0.05, 0.1) is 16.4 Å². The van der Waals surface area contributed by atoms with Gasteiger partial charge in [-0.15, -0.1) is 0 Å². The van der Waals surface area contributed by atoms with E-state index in [1.54, 1.807) is 48.5 Å². The first kappa shape index (κ1) is 22.4. The molecule has 2 heterocycles. The van der Waals surface area contributed by atoms with E-state index in [2.05, 4.69) is 10.3 Å². The largest absolute Gasteiger partial charge is 0.485 e. The molecule has 0 aliphatic rings. The maximum atomic E-state index is 12.8. The number of para-hydroxylation sites is 3. The average Bonchev–Trinajstić information content (AvgIpc) is 2.83. The molecule has 0 saturated carbocycles. The molecule has 0 aliphatic carbocycles. The summed E-state index contributed by atoms with van der Waals surface area (Å²) < 4.78 is 13.1. The van der Waals surface area contributed by atoms with Crippen molar-refractivity contribution in [1.29, 1.82) is 0 Å². The van der Waals surface area contributed by atoms with E-state index in [0.717, 1.165) is 0 Å². The van der Waals surface area contributed by atoms with Crippen LogP contribution in [0.5, 0.6) is 11.5 Å². The number of rotatable bonds is 8. The van der Waals surface area contributed by atoms with Crippen LogP contribution >= 0.6 is 11.6 Å². The quantitative estimate of drug-likeness (QED) is 0.408. The zero-order chi connectivity index (χ0) is 23.2. The Bertz CT molecular complexity index is 1320. The molecule has 0 aliphatic heterocycles. The molecule has 1 unspecified atom stereocenters. The number of ether oxygens (including phenoxy) is 2. The number of nitrogens with one attached hydrogen (secondary N) is 1. The fourth-order valence-electron chi connectivity index (χ4n) is 3.25. The van der Waals surface area contributed by atoms with Gasteiger partial charge < -0.3 is 14.8 Å². The van der Waals surface area contributed by atoms with Crippen molar-refractivity contribution < 1.29 is 14.3 Å². The zero-order valence-electron chi connectivity index (χ0n) is 17.9. The molecule has 4 rings (SSSR count). The molecular weight excluding hydrogens is 442 g/mol. The molecule has 0 fully saturated rings. The van der Waals surface area contributed by atoms with Crippen LogP contribution in [0.1, 0.15) is 19.0 Å². The Morgan fingerprint density at radius 1 is 1.09 bits per heavy atom. The molecular formula is C25H22ClN3O4. The molecule has 0 radical (unpaired) electrons. The number of benzene rings is 2. The van der Waals surface area contributed by atoms with E-state index in [0.29, 0.717) is 40.0 Å². The molecule has 33 heavy (non-hydrogen) atoms. The third-order valence-electron chi connectivity index (χ3n) is 4.88. The van der Waals surface area contributed by atoms with Gasteiger partial charge in [0.25, 0.3) is 11.5 Å².